The summed E-state index contributed by atoms with van der Waals surface area (Å²) in [4.78, 5) is 9.59. The number of unbranched alkanes of at least 4 members (excludes halogenated alkanes) is 1. The van der Waals surface area contributed by atoms with Crippen molar-refractivity contribution in [2.75, 3.05) is 46.3 Å². The molecule has 1 aliphatic rings. The molecular formula is C16H35IN4. The third kappa shape index (κ3) is 8.86. The fourth-order valence-corrected chi connectivity index (χ4v) is 2.76. The largest absolute Gasteiger partial charge is 0.357 e. The Bertz CT molecular complexity index is 283. The monoisotopic (exact) mass is 410 g/mol. The van der Waals surface area contributed by atoms with Gasteiger partial charge in [-0.25, -0.2) is 0 Å². The lowest BCUT2D eigenvalue weighted by Gasteiger charge is -2.30. The molecule has 0 aliphatic carbocycles. The first-order valence-electron chi connectivity index (χ1n) is 8.39. The van der Waals surface area contributed by atoms with Gasteiger partial charge in [-0.15, -0.1) is 24.0 Å². The number of nitrogens with one attached hydrogen (secondary N) is 1. The number of rotatable bonds is 7. The maximum Gasteiger partial charge on any atom is 0.193 e. The predicted molar refractivity (Wildman–Crippen MR) is 104 cm³/mol. The van der Waals surface area contributed by atoms with Gasteiger partial charge in [-0.2, -0.15) is 0 Å². The van der Waals surface area contributed by atoms with E-state index in [1.165, 1.54) is 38.8 Å². The summed E-state index contributed by atoms with van der Waals surface area (Å²) in [6, 6.07) is 0. The van der Waals surface area contributed by atoms with Crippen LogP contribution in [-0.2, 0) is 0 Å². The summed E-state index contributed by atoms with van der Waals surface area (Å²) in [5.41, 5.74) is 0. The molecule has 0 spiro atoms. The van der Waals surface area contributed by atoms with Crippen molar-refractivity contribution < 1.29 is 0 Å². The Balaban J connectivity index is 0.00000400. The van der Waals surface area contributed by atoms with E-state index in [-0.39, 0.29) is 24.0 Å². The first-order chi connectivity index (χ1) is 9.67. The molecule has 1 fully saturated rings. The number of piperidine rings is 1. The van der Waals surface area contributed by atoms with E-state index < -0.39 is 0 Å². The van der Waals surface area contributed by atoms with Crippen molar-refractivity contribution in [1.29, 1.82) is 0 Å². The van der Waals surface area contributed by atoms with Crippen LogP contribution in [0.25, 0.3) is 0 Å². The molecule has 0 aromatic carbocycles. The van der Waals surface area contributed by atoms with E-state index in [1.54, 1.807) is 0 Å². The number of guanidine groups is 1. The molecule has 1 atom stereocenters. The lowest BCUT2D eigenvalue weighted by atomic mass is 10.0. The fraction of sp³-hybridized carbons (Fsp3) is 0.938. The van der Waals surface area contributed by atoms with Crippen LogP contribution in [0.2, 0.25) is 0 Å². The average molecular weight is 410 g/mol. The van der Waals surface area contributed by atoms with Crippen LogP contribution in [0.4, 0.5) is 0 Å². The molecule has 1 aliphatic heterocycles. The lowest BCUT2D eigenvalue weighted by molar-refractivity contribution is 0.188. The van der Waals surface area contributed by atoms with E-state index in [4.69, 9.17) is 4.99 Å². The topological polar surface area (TPSA) is 30.9 Å². The van der Waals surface area contributed by atoms with Crippen LogP contribution in [0.15, 0.2) is 4.99 Å². The maximum atomic E-state index is 4.78. The molecule has 0 radical (unpaired) electrons. The van der Waals surface area contributed by atoms with Crippen LogP contribution in [0.3, 0.4) is 0 Å². The Morgan fingerprint density at radius 3 is 2.76 bits per heavy atom. The molecular weight excluding hydrogens is 375 g/mol. The van der Waals surface area contributed by atoms with Crippen LogP contribution in [-0.4, -0.2) is 62.1 Å². The van der Waals surface area contributed by atoms with Gasteiger partial charge in [0.25, 0.3) is 0 Å². The molecule has 0 saturated carbocycles. The average Bonchev–Trinajstić information content (AvgIpc) is 2.44. The van der Waals surface area contributed by atoms with Gasteiger partial charge >= 0.3 is 0 Å². The van der Waals surface area contributed by atoms with Gasteiger partial charge in [-0.3, -0.25) is 4.99 Å². The van der Waals surface area contributed by atoms with Gasteiger partial charge in [0.15, 0.2) is 5.96 Å². The first-order valence-corrected chi connectivity index (χ1v) is 8.39. The Kier molecular flexibility index (Phi) is 12.5. The summed E-state index contributed by atoms with van der Waals surface area (Å²) in [6.07, 6.45) is 5.20. The van der Waals surface area contributed by atoms with Crippen molar-refractivity contribution in [3.8, 4) is 0 Å². The summed E-state index contributed by atoms with van der Waals surface area (Å²) in [5, 5.41) is 3.40. The minimum absolute atomic E-state index is 0. The van der Waals surface area contributed by atoms with Crippen molar-refractivity contribution in [3.63, 3.8) is 0 Å². The van der Waals surface area contributed by atoms with Gasteiger partial charge in [0.2, 0.25) is 0 Å². The van der Waals surface area contributed by atoms with Crippen molar-refractivity contribution in [2.24, 2.45) is 10.9 Å². The quantitative estimate of drug-likeness (QED) is 0.398. The Morgan fingerprint density at radius 1 is 1.38 bits per heavy atom. The molecule has 0 bridgehead atoms. The number of halogens is 1. The summed E-state index contributed by atoms with van der Waals surface area (Å²) < 4.78 is 0. The zero-order chi connectivity index (χ0) is 14.8. The Hall–Kier alpha value is -0.0400. The predicted octanol–water partition coefficient (Wildman–Crippen LogP) is 3.03. The molecule has 1 saturated heterocycles. The molecule has 126 valence electrons. The van der Waals surface area contributed by atoms with Crippen LogP contribution in [0.5, 0.6) is 0 Å². The zero-order valence-corrected chi connectivity index (χ0v) is 16.7. The molecule has 4 nitrogen and oxygen atoms in total. The van der Waals surface area contributed by atoms with Crippen LogP contribution in [0.1, 0.15) is 46.5 Å². The minimum Gasteiger partial charge on any atom is -0.357 e. The van der Waals surface area contributed by atoms with E-state index in [9.17, 15) is 0 Å². The number of hydrogen-bond donors (Lipinski definition) is 1. The summed E-state index contributed by atoms with van der Waals surface area (Å²) in [6.45, 7) is 13.3. The third-order valence-corrected chi connectivity index (χ3v) is 3.96. The molecule has 1 rings (SSSR count). The van der Waals surface area contributed by atoms with Crippen molar-refractivity contribution in [1.82, 2.24) is 15.1 Å². The zero-order valence-electron chi connectivity index (χ0n) is 14.4. The number of aliphatic imine (C=N–C) groups is 1. The van der Waals surface area contributed by atoms with Gasteiger partial charge in [0.1, 0.15) is 0 Å². The highest BCUT2D eigenvalue weighted by atomic mass is 127. The number of nitrogens with zero attached hydrogens (tertiary/aromatic N) is 3. The molecule has 0 aromatic rings. The summed E-state index contributed by atoms with van der Waals surface area (Å²) in [5.74, 6) is 1.92. The molecule has 1 heterocycles. The van der Waals surface area contributed by atoms with E-state index >= 15 is 0 Å². The van der Waals surface area contributed by atoms with Gasteiger partial charge < -0.3 is 15.1 Å². The van der Waals surface area contributed by atoms with E-state index in [0.29, 0.717) is 0 Å². The van der Waals surface area contributed by atoms with Crippen molar-refractivity contribution >= 4 is 29.9 Å². The highest BCUT2D eigenvalue weighted by Crippen LogP contribution is 2.14. The SMILES string of the molecule is CCCCN(C)C(=NCCN1CCCC(C)C1)NCC.I. The molecule has 5 heteroatoms. The molecule has 0 aromatic heterocycles. The van der Waals surface area contributed by atoms with Crippen LogP contribution >= 0.6 is 24.0 Å². The second kappa shape index (κ2) is 12.5. The second-order valence-electron chi connectivity index (χ2n) is 6.06. The summed E-state index contributed by atoms with van der Waals surface area (Å²) in [7, 11) is 2.14. The van der Waals surface area contributed by atoms with Crippen molar-refractivity contribution in [2.45, 2.75) is 46.5 Å². The minimum atomic E-state index is 0. The molecule has 0 amide bonds. The summed E-state index contributed by atoms with van der Waals surface area (Å²) >= 11 is 0. The fourth-order valence-electron chi connectivity index (χ4n) is 2.76. The maximum absolute atomic E-state index is 4.78. The third-order valence-electron chi connectivity index (χ3n) is 3.96. The van der Waals surface area contributed by atoms with E-state index in [0.717, 1.165) is 38.1 Å². The molecule has 1 unspecified atom stereocenters. The van der Waals surface area contributed by atoms with Gasteiger partial charge in [0.05, 0.1) is 6.54 Å². The molecule has 1 N–H and O–H groups in total. The van der Waals surface area contributed by atoms with E-state index in [2.05, 4.69) is 42.9 Å². The van der Waals surface area contributed by atoms with Crippen LogP contribution < -0.4 is 5.32 Å². The van der Waals surface area contributed by atoms with Crippen LogP contribution in [0, 0.1) is 5.92 Å². The van der Waals surface area contributed by atoms with Gasteiger partial charge in [-0.1, -0.05) is 20.3 Å². The normalized spacial score (nSPS) is 20.0. The lowest BCUT2D eigenvalue weighted by Crippen LogP contribution is -2.40. The first kappa shape index (κ1) is 21.0. The highest BCUT2D eigenvalue weighted by molar-refractivity contribution is 14.0. The smallest absolute Gasteiger partial charge is 0.193 e. The number of hydrogen-bond acceptors (Lipinski definition) is 2. The van der Waals surface area contributed by atoms with E-state index in [1.807, 2.05) is 0 Å². The second-order valence-corrected chi connectivity index (χ2v) is 6.06. The highest BCUT2D eigenvalue weighted by Gasteiger charge is 2.15. The number of likely N-dealkylation sites (tertiary alicyclic amines) is 1. The van der Waals surface area contributed by atoms with Gasteiger partial charge in [-0.05, 0) is 38.6 Å². The molecule has 21 heavy (non-hydrogen) atoms. The van der Waals surface area contributed by atoms with Crippen molar-refractivity contribution in [3.05, 3.63) is 0 Å². The Morgan fingerprint density at radius 2 is 2.14 bits per heavy atom. The Labute approximate surface area is 148 Å². The van der Waals surface area contributed by atoms with Gasteiger partial charge in [0, 0.05) is 33.2 Å². The standard InChI is InChI=1S/C16H34N4.HI/c1-5-7-11-19(4)16(17-6-2)18-10-13-20-12-8-9-15(3)14-20;/h15H,5-14H2,1-4H3,(H,17,18);1H.